The highest BCUT2D eigenvalue weighted by atomic mass is 17.2. The molecule has 4 nitrogen and oxygen atoms in total. The summed E-state index contributed by atoms with van der Waals surface area (Å²) in [6, 6.07) is 0. The zero-order chi connectivity index (χ0) is 15.6. The van der Waals surface area contributed by atoms with E-state index in [1.807, 2.05) is 13.8 Å². The quantitative estimate of drug-likeness (QED) is 0.588. The SMILES string of the molecule is CCCC(C)(C)OOC1(C(=O)O)CC(C)CC(C)(C)C1. The molecule has 1 fully saturated rings. The summed E-state index contributed by atoms with van der Waals surface area (Å²) in [6.45, 7) is 12.2. The number of hydrogen-bond acceptors (Lipinski definition) is 3. The molecule has 0 aromatic heterocycles. The molecule has 1 saturated carbocycles. The Morgan fingerprint density at radius 2 is 1.95 bits per heavy atom. The summed E-state index contributed by atoms with van der Waals surface area (Å²) < 4.78 is 0. The average molecular weight is 286 g/mol. The summed E-state index contributed by atoms with van der Waals surface area (Å²) in [7, 11) is 0. The smallest absolute Gasteiger partial charge is 0.339 e. The van der Waals surface area contributed by atoms with Gasteiger partial charge in [0.1, 0.15) is 0 Å². The monoisotopic (exact) mass is 286 g/mol. The van der Waals surface area contributed by atoms with Crippen LogP contribution in [0.4, 0.5) is 0 Å². The third kappa shape index (κ3) is 4.45. The third-order valence-electron chi connectivity index (χ3n) is 4.01. The van der Waals surface area contributed by atoms with Gasteiger partial charge in [0.15, 0.2) is 0 Å². The molecule has 1 rings (SSSR count). The zero-order valence-corrected chi connectivity index (χ0v) is 13.8. The number of hydrogen-bond donors (Lipinski definition) is 1. The molecule has 4 heteroatoms. The summed E-state index contributed by atoms with van der Waals surface area (Å²) in [5.41, 5.74) is -1.72. The fraction of sp³-hybridized carbons (Fsp3) is 0.938. The van der Waals surface area contributed by atoms with Crippen molar-refractivity contribution >= 4 is 5.97 Å². The van der Waals surface area contributed by atoms with Crippen LogP contribution in [0.1, 0.15) is 73.6 Å². The molecule has 2 unspecified atom stereocenters. The van der Waals surface area contributed by atoms with Gasteiger partial charge in [0.05, 0.1) is 5.60 Å². The van der Waals surface area contributed by atoms with Gasteiger partial charge in [-0.3, -0.25) is 0 Å². The van der Waals surface area contributed by atoms with Gasteiger partial charge < -0.3 is 5.11 Å². The Balaban J connectivity index is 2.85. The van der Waals surface area contributed by atoms with Crippen LogP contribution in [0.5, 0.6) is 0 Å². The number of aliphatic carboxylic acids is 1. The Labute approximate surface area is 122 Å². The number of carboxylic acid groups (broad SMARTS) is 1. The maximum absolute atomic E-state index is 11.8. The standard InChI is InChI=1S/C16H30O4/c1-7-8-15(5,6)19-20-16(13(17)18)10-12(2)9-14(3,4)11-16/h12H,7-11H2,1-6H3,(H,17,18). The zero-order valence-electron chi connectivity index (χ0n) is 13.8. The van der Waals surface area contributed by atoms with Crippen LogP contribution in [0, 0.1) is 11.3 Å². The minimum Gasteiger partial charge on any atom is -0.479 e. The van der Waals surface area contributed by atoms with Crippen molar-refractivity contribution in [3.05, 3.63) is 0 Å². The van der Waals surface area contributed by atoms with Crippen molar-refractivity contribution in [2.24, 2.45) is 11.3 Å². The van der Waals surface area contributed by atoms with E-state index in [4.69, 9.17) is 9.78 Å². The first-order valence-electron chi connectivity index (χ1n) is 7.62. The molecule has 2 atom stereocenters. The van der Waals surface area contributed by atoms with Crippen molar-refractivity contribution < 1.29 is 19.7 Å². The summed E-state index contributed by atoms with van der Waals surface area (Å²) in [6.07, 6.45) is 3.82. The first-order valence-corrected chi connectivity index (χ1v) is 7.62. The van der Waals surface area contributed by atoms with E-state index in [1.54, 1.807) is 0 Å². The van der Waals surface area contributed by atoms with Crippen LogP contribution in [0.25, 0.3) is 0 Å². The maximum atomic E-state index is 11.8. The van der Waals surface area contributed by atoms with Crippen LogP contribution in [-0.4, -0.2) is 22.3 Å². The summed E-state index contributed by atoms with van der Waals surface area (Å²) in [5.74, 6) is -0.600. The van der Waals surface area contributed by atoms with Crippen molar-refractivity contribution in [1.82, 2.24) is 0 Å². The van der Waals surface area contributed by atoms with Gasteiger partial charge in [-0.05, 0) is 50.9 Å². The Kier molecular flexibility index (Phi) is 5.25. The first kappa shape index (κ1) is 17.4. The molecule has 0 aromatic rings. The van der Waals surface area contributed by atoms with E-state index < -0.39 is 17.2 Å². The largest absolute Gasteiger partial charge is 0.479 e. The topological polar surface area (TPSA) is 55.8 Å². The summed E-state index contributed by atoms with van der Waals surface area (Å²) >= 11 is 0. The predicted molar refractivity (Wildman–Crippen MR) is 78.3 cm³/mol. The minimum absolute atomic E-state index is 0.0473. The van der Waals surface area contributed by atoms with Gasteiger partial charge in [0.25, 0.3) is 0 Å². The molecular formula is C16H30O4. The fourth-order valence-electron chi connectivity index (χ4n) is 3.59. The molecule has 0 saturated heterocycles. The lowest BCUT2D eigenvalue weighted by atomic mass is 9.66. The molecule has 0 heterocycles. The van der Waals surface area contributed by atoms with Gasteiger partial charge in [-0.25, -0.2) is 14.6 Å². The lowest BCUT2D eigenvalue weighted by Gasteiger charge is -2.44. The second kappa shape index (κ2) is 6.02. The van der Waals surface area contributed by atoms with Gasteiger partial charge in [-0.1, -0.05) is 34.1 Å². The van der Waals surface area contributed by atoms with Gasteiger partial charge in [0, 0.05) is 0 Å². The highest BCUT2D eigenvalue weighted by Crippen LogP contribution is 2.46. The van der Waals surface area contributed by atoms with Crippen LogP contribution in [0.3, 0.4) is 0 Å². The molecule has 0 aliphatic heterocycles. The van der Waals surface area contributed by atoms with E-state index in [0.29, 0.717) is 18.8 Å². The average Bonchev–Trinajstić information content (AvgIpc) is 2.23. The van der Waals surface area contributed by atoms with Crippen LogP contribution in [0.2, 0.25) is 0 Å². The minimum atomic E-state index is -1.22. The molecule has 0 amide bonds. The van der Waals surface area contributed by atoms with Crippen molar-refractivity contribution in [3.8, 4) is 0 Å². The van der Waals surface area contributed by atoms with Gasteiger partial charge in [0.2, 0.25) is 5.60 Å². The van der Waals surface area contributed by atoms with Gasteiger partial charge in [-0.15, -0.1) is 0 Å². The molecular weight excluding hydrogens is 256 g/mol. The lowest BCUT2D eigenvalue weighted by molar-refractivity contribution is -0.410. The van der Waals surface area contributed by atoms with Crippen LogP contribution >= 0.6 is 0 Å². The second-order valence-corrected chi connectivity index (χ2v) is 7.83. The van der Waals surface area contributed by atoms with Crippen LogP contribution in [0.15, 0.2) is 0 Å². The lowest BCUT2D eigenvalue weighted by Crippen LogP contribution is -2.51. The Hall–Kier alpha value is -0.610. The van der Waals surface area contributed by atoms with Crippen molar-refractivity contribution in [1.29, 1.82) is 0 Å². The summed E-state index contributed by atoms with van der Waals surface area (Å²) in [4.78, 5) is 22.9. The molecule has 0 bridgehead atoms. The highest BCUT2D eigenvalue weighted by Gasteiger charge is 2.51. The van der Waals surface area contributed by atoms with E-state index in [9.17, 15) is 9.90 Å². The van der Waals surface area contributed by atoms with E-state index in [1.165, 1.54) is 0 Å². The first-order chi connectivity index (χ1) is 9.02. The molecule has 1 aliphatic rings. The molecule has 1 N–H and O–H groups in total. The Morgan fingerprint density at radius 1 is 1.35 bits per heavy atom. The molecule has 20 heavy (non-hydrogen) atoms. The molecule has 1 aliphatic carbocycles. The van der Waals surface area contributed by atoms with Crippen molar-refractivity contribution in [2.75, 3.05) is 0 Å². The fourth-order valence-corrected chi connectivity index (χ4v) is 3.59. The van der Waals surface area contributed by atoms with Crippen molar-refractivity contribution in [2.45, 2.75) is 84.8 Å². The number of carboxylic acids is 1. The maximum Gasteiger partial charge on any atom is 0.339 e. The van der Waals surface area contributed by atoms with E-state index >= 15 is 0 Å². The summed E-state index contributed by atoms with van der Waals surface area (Å²) in [5, 5.41) is 9.66. The highest BCUT2D eigenvalue weighted by molar-refractivity contribution is 5.77. The molecule has 118 valence electrons. The number of carbonyl (C=O) groups is 1. The van der Waals surface area contributed by atoms with E-state index in [2.05, 4.69) is 27.7 Å². The predicted octanol–water partition coefficient (Wildman–Crippen LogP) is 4.18. The van der Waals surface area contributed by atoms with Crippen LogP contribution < -0.4 is 0 Å². The molecule has 0 radical (unpaired) electrons. The van der Waals surface area contributed by atoms with Gasteiger partial charge >= 0.3 is 5.97 Å². The Morgan fingerprint density at radius 3 is 2.40 bits per heavy atom. The van der Waals surface area contributed by atoms with Crippen LogP contribution in [-0.2, 0) is 14.6 Å². The number of rotatable bonds is 6. The normalized spacial score (nSPS) is 30.2. The Bertz CT molecular complexity index is 348. The van der Waals surface area contributed by atoms with E-state index in [0.717, 1.165) is 19.3 Å². The van der Waals surface area contributed by atoms with Crippen molar-refractivity contribution in [3.63, 3.8) is 0 Å². The third-order valence-corrected chi connectivity index (χ3v) is 4.01. The molecule has 0 spiro atoms. The molecule has 0 aromatic carbocycles. The second-order valence-electron chi connectivity index (χ2n) is 7.83. The van der Waals surface area contributed by atoms with Gasteiger partial charge in [-0.2, -0.15) is 0 Å². The van der Waals surface area contributed by atoms with E-state index in [-0.39, 0.29) is 5.41 Å².